The first-order valence-electron chi connectivity index (χ1n) is 6.01. The zero-order valence-corrected chi connectivity index (χ0v) is 10.8. The molecule has 0 saturated carbocycles. The van der Waals surface area contributed by atoms with Crippen molar-refractivity contribution in [3.63, 3.8) is 0 Å². The lowest BCUT2D eigenvalue weighted by atomic mass is 9.90. The molecule has 1 heterocycles. The number of rotatable bonds is 6. The average molecular weight is 221 g/mol. The number of nitrogens with zero attached hydrogens (tertiary/aromatic N) is 1. The highest BCUT2D eigenvalue weighted by molar-refractivity contribution is 5.51. The van der Waals surface area contributed by atoms with Gasteiger partial charge in [-0.25, -0.2) is 4.98 Å². The van der Waals surface area contributed by atoms with Crippen molar-refractivity contribution in [3.05, 3.63) is 18.3 Å². The Morgan fingerprint density at radius 1 is 1.25 bits per heavy atom. The number of anilines is 2. The lowest BCUT2D eigenvalue weighted by molar-refractivity contribution is 0.377. The Labute approximate surface area is 98.7 Å². The molecular weight excluding hydrogens is 198 g/mol. The first kappa shape index (κ1) is 12.8. The molecule has 16 heavy (non-hydrogen) atoms. The van der Waals surface area contributed by atoms with Crippen molar-refractivity contribution in [1.82, 2.24) is 4.98 Å². The molecule has 0 aromatic carbocycles. The fourth-order valence-corrected chi connectivity index (χ4v) is 1.28. The molecule has 3 nitrogen and oxygen atoms in total. The minimum Gasteiger partial charge on any atom is -0.384 e. The predicted molar refractivity (Wildman–Crippen MR) is 71.0 cm³/mol. The van der Waals surface area contributed by atoms with E-state index in [4.69, 9.17) is 0 Å². The van der Waals surface area contributed by atoms with E-state index in [-0.39, 0.29) is 0 Å². The molecule has 0 unspecified atom stereocenters. The SMILES string of the molecule is CCNc1cc(NCC(C)(C)CC)ccn1. The van der Waals surface area contributed by atoms with Gasteiger partial charge in [0.2, 0.25) is 0 Å². The number of aromatic nitrogens is 1. The lowest BCUT2D eigenvalue weighted by Gasteiger charge is -2.23. The molecule has 0 bridgehead atoms. The van der Waals surface area contributed by atoms with Crippen LogP contribution in [0.4, 0.5) is 11.5 Å². The molecular formula is C13H23N3. The van der Waals surface area contributed by atoms with E-state index >= 15 is 0 Å². The Morgan fingerprint density at radius 3 is 2.62 bits per heavy atom. The quantitative estimate of drug-likeness (QED) is 0.773. The van der Waals surface area contributed by atoms with Crippen molar-refractivity contribution >= 4 is 11.5 Å². The second kappa shape index (κ2) is 5.73. The molecule has 0 saturated heterocycles. The zero-order valence-electron chi connectivity index (χ0n) is 10.8. The Balaban J connectivity index is 2.57. The molecule has 3 heteroatoms. The smallest absolute Gasteiger partial charge is 0.127 e. The van der Waals surface area contributed by atoms with Crippen LogP contribution in [0.1, 0.15) is 34.1 Å². The van der Waals surface area contributed by atoms with Crippen molar-refractivity contribution in [3.8, 4) is 0 Å². The van der Waals surface area contributed by atoms with Crippen LogP contribution in [0, 0.1) is 5.41 Å². The summed E-state index contributed by atoms with van der Waals surface area (Å²) in [5.74, 6) is 0.932. The molecule has 0 aliphatic heterocycles. The molecule has 2 N–H and O–H groups in total. The summed E-state index contributed by atoms with van der Waals surface area (Å²) < 4.78 is 0. The maximum Gasteiger partial charge on any atom is 0.127 e. The van der Waals surface area contributed by atoms with Crippen molar-refractivity contribution in [2.45, 2.75) is 34.1 Å². The molecule has 0 fully saturated rings. The number of nitrogens with one attached hydrogen (secondary N) is 2. The Hall–Kier alpha value is -1.25. The van der Waals surface area contributed by atoms with E-state index < -0.39 is 0 Å². The molecule has 1 aromatic rings. The second-order valence-electron chi connectivity index (χ2n) is 4.83. The van der Waals surface area contributed by atoms with E-state index in [1.165, 1.54) is 6.42 Å². The van der Waals surface area contributed by atoms with Gasteiger partial charge in [-0.2, -0.15) is 0 Å². The van der Waals surface area contributed by atoms with E-state index in [2.05, 4.69) is 49.4 Å². The third kappa shape index (κ3) is 4.09. The van der Waals surface area contributed by atoms with E-state index in [1.54, 1.807) is 0 Å². The van der Waals surface area contributed by atoms with Gasteiger partial charge in [0.15, 0.2) is 0 Å². The van der Waals surface area contributed by atoms with Gasteiger partial charge < -0.3 is 10.6 Å². The van der Waals surface area contributed by atoms with Crippen LogP contribution in [0.25, 0.3) is 0 Å². The van der Waals surface area contributed by atoms with Crippen molar-refractivity contribution < 1.29 is 0 Å². The third-order valence-corrected chi connectivity index (χ3v) is 2.85. The van der Waals surface area contributed by atoms with Crippen LogP contribution in [0.3, 0.4) is 0 Å². The fraction of sp³-hybridized carbons (Fsp3) is 0.615. The van der Waals surface area contributed by atoms with Gasteiger partial charge in [0.25, 0.3) is 0 Å². The monoisotopic (exact) mass is 221 g/mol. The lowest BCUT2D eigenvalue weighted by Crippen LogP contribution is -2.22. The van der Waals surface area contributed by atoms with Crippen LogP contribution in [-0.4, -0.2) is 18.1 Å². The molecule has 0 spiro atoms. The Bertz CT molecular complexity index is 321. The van der Waals surface area contributed by atoms with Gasteiger partial charge in [-0.15, -0.1) is 0 Å². The van der Waals surface area contributed by atoms with E-state index in [0.717, 1.165) is 24.6 Å². The van der Waals surface area contributed by atoms with Gasteiger partial charge in [0.05, 0.1) is 0 Å². The summed E-state index contributed by atoms with van der Waals surface area (Å²) in [6.07, 6.45) is 3.00. The Kier molecular flexibility index (Phi) is 4.59. The average Bonchev–Trinajstić information content (AvgIpc) is 2.28. The molecule has 0 atom stereocenters. The summed E-state index contributed by atoms with van der Waals surface area (Å²) in [5.41, 5.74) is 1.47. The third-order valence-electron chi connectivity index (χ3n) is 2.85. The maximum absolute atomic E-state index is 4.24. The molecule has 0 aliphatic carbocycles. The summed E-state index contributed by atoms with van der Waals surface area (Å²) >= 11 is 0. The first-order valence-corrected chi connectivity index (χ1v) is 6.01. The summed E-state index contributed by atoms with van der Waals surface area (Å²) in [4.78, 5) is 4.24. The molecule has 0 amide bonds. The predicted octanol–water partition coefficient (Wildman–Crippen LogP) is 3.36. The highest BCUT2D eigenvalue weighted by Crippen LogP contribution is 2.21. The molecule has 0 aliphatic rings. The van der Waals surface area contributed by atoms with Gasteiger partial charge in [-0.1, -0.05) is 20.8 Å². The summed E-state index contributed by atoms with van der Waals surface area (Å²) in [5, 5.41) is 6.66. The number of hydrogen-bond donors (Lipinski definition) is 2. The van der Waals surface area contributed by atoms with Crippen molar-refractivity contribution in [2.75, 3.05) is 23.7 Å². The van der Waals surface area contributed by atoms with Gasteiger partial charge in [-0.05, 0) is 24.8 Å². The van der Waals surface area contributed by atoms with Gasteiger partial charge in [0, 0.05) is 31.0 Å². The van der Waals surface area contributed by atoms with Crippen molar-refractivity contribution in [1.29, 1.82) is 0 Å². The van der Waals surface area contributed by atoms with Gasteiger partial charge in [-0.3, -0.25) is 0 Å². The minimum atomic E-state index is 0.335. The summed E-state index contributed by atoms with van der Waals surface area (Å²) in [6, 6.07) is 4.06. The standard InChI is InChI=1S/C13H23N3/c1-5-13(3,4)10-16-11-7-8-15-12(9-11)14-6-2/h7-9H,5-6,10H2,1-4H3,(H2,14,15,16). The van der Waals surface area contributed by atoms with E-state index in [1.807, 2.05) is 12.3 Å². The van der Waals surface area contributed by atoms with Gasteiger partial charge >= 0.3 is 0 Å². The topological polar surface area (TPSA) is 37.0 Å². The molecule has 1 rings (SSSR count). The van der Waals surface area contributed by atoms with Crippen LogP contribution >= 0.6 is 0 Å². The summed E-state index contributed by atoms with van der Waals surface area (Å²) in [6.45, 7) is 10.7. The first-order chi connectivity index (χ1) is 7.57. The minimum absolute atomic E-state index is 0.335. The number of pyridine rings is 1. The second-order valence-corrected chi connectivity index (χ2v) is 4.83. The van der Waals surface area contributed by atoms with E-state index in [0.29, 0.717) is 5.41 Å². The maximum atomic E-state index is 4.24. The van der Waals surface area contributed by atoms with Crippen LogP contribution in [-0.2, 0) is 0 Å². The summed E-state index contributed by atoms with van der Waals surface area (Å²) in [7, 11) is 0. The van der Waals surface area contributed by atoms with Crippen LogP contribution in [0.15, 0.2) is 18.3 Å². The number of hydrogen-bond acceptors (Lipinski definition) is 3. The highest BCUT2D eigenvalue weighted by atomic mass is 15.0. The highest BCUT2D eigenvalue weighted by Gasteiger charge is 2.14. The van der Waals surface area contributed by atoms with Gasteiger partial charge in [0.1, 0.15) is 5.82 Å². The Morgan fingerprint density at radius 2 is 2.00 bits per heavy atom. The van der Waals surface area contributed by atoms with Crippen LogP contribution in [0.2, 0.25) is 0 Å². The molecule has 90 valence electrons. The van der Waals surface area contributed by atoms with Crippen LogP contribution in [0.5, 0.6) is 0 Å². The van der Waals surface area contributed by atoms with Crippen LogP contribution < -0.4 is 10.6 Å². The van der Waals surface area contributed by atoms with Crippen molar-refractivity contribution in [2.24, 2.45) is 5.41 Å². The fourth-order valence-electron chi connectivity index (χ4n) is 1.28. The normalized spacial score (nSPS) is 11.2. The van der Waals surface area contributed by atoms with E-state index in [9.17, 15) is 0 Å². The largest absolute Gasteiger partial charge is 0.384 e. The molecule has 0 radical (unpaired) electrons. The zero-order chi connectivity index (χ0) is 12.0. The molecule has 1 aromatic heterocycles.